The lowest BCUT2D eigenvalue weighted by atomic mass is 10.1. The standard InChI is InChI=1S/C20H15N3O5S/c1-11-16-18(29-17(11)12-6-8-13(9-7-12)23(26)27)21-20(25)22(19(16)24)14-4-3-5-15(10-14)28-2/h3-10H,1-2H3,(H,21,25). The van der Waals surface area contributed by atoms with Gasteiger partial charge in [-0.05, 0) is 42.3 Å². The average molecular weight is 409 g/mol. The number of H-pyrrole nitrogens is 1. The van der Waals surface area contributed by atoms with Crippen LogP contribution in [-0.2, 0) is 0 Å². The van der Waals surface area contributed by atoms with E-state index in [2.05, 4.69) is 4.98 Å². The number of nitrogens with one attached hydrogen (secondary N) is 1. The summed E-state index contributed by atoms with van der Waals surface area (Å²) in [6, 6.07) is 12.8. The summed E-state index contributed by atoms with van der Waals surface area (Å²) in [5.74, 6) is 0.530. The van der Waals surface area contributed by atoms with Crippen LogP contribution in [0.4, 0.5) is 5.69 Å². The van der Waals surface area contributed by atoms with Gasteiger partial charge in [-0.15, -0.1) is 11.3 Å². The summed E-state index contributed by atoms with van der Waals surface area (Å²) in [5, 5.41) is 11.3. The van der Waals surface area contributed by atoms with E-state index in [1.807, 2.05) is 0 Å². The lowest BCUT2D eigenvalue weighted by Gasteiger charge is -2.07. The number of rotatable bonds is 4. The van der Waals surface area contributed by atoms with Crippen molar-refractivity contribution in [1.29, 1.82) is 0 Å². The number of fused-ring (bicyclic) bond motifs is 1. The van der Waals surface area contributed by atoms with E-state index in [1.54, 1.807) is 43.3 Å². The van der Waals surface area contributed by atoms with Gasteiger partial charge in [0, 0.05) is 23.1 Å². The number of methoxy groups -OCH3 is 1. The highest BCUT2D eigenvalue weighted by molar-refractivity contribution is 7.22. The molecule has 146 valence electrons. The summed E-state index contributed by atoms with van der Waals surface area (Å²) in [4.78, 5) is 40.2. The van der Waals surface area contributed by atoms with Gasteiger partial charge in [0.1, 0.15) is 10.6 Å². The molecule has 0 saturated heterocycles. The van der Waals surface area contributed by atoms with Crippen LogP contribution in [0.25, 0.3) is 26.3 Å². The summed E-state index contributed by atoms with van der Waals surface area (Å²) in [7, 11) is 1.51. The lowest BCUT2D eigenvalue weighted by Crippen LogP contribution is -2.33. The number of benzene rings is 2. The van der Waals surface area contributed by atoms with Crippen LogP contribution < -0.4 is 16.0 Å². The molecule has 9 heteroatoms. The molecule has 0 aliphatic rings. The Hall–Kier alpha value is -3.72. The molecule has 2 aromatic carbocycles. The van der Waals surface area contributed by atoms with E-state index in [4.69, 9.17) is 4.74 Å². The molecule has 0 aliphatic carbocycles. The number of nitro benzene ring substituents is 1. The zero-order valence-corrected chi connectivity index (χ0v) is 16.3. The highest BCUT2D eigenvalue weighted by Crippen LogP contribution is 2.36. The fourth-order valence-corrected chi connectivity index (χ4v) is 4.40. The van der Waals surface area contributed by atoms with Crippen LogP contribution >= 0.6 is 11.3 Å². The highest BCUT2D eigenvalue weighted by atomic mass is 32.1. The molecule has 8 nitrogen and oxygen atoms in total. The molecule has 0 saturated carbocycles. The fourth-order valence-electron chi connectivity index (χ4n) is 3.21. The number of aromatic amines is 1. The van der Waals surface area contributed by atoms with E-state index < -0.39 is 16.2 Å². The van der Waals surface area contributed by atoms with Gasteiger partial charge in [0.05, 0.1) is 23.1 Å². The predicted octanol–water partition coefficient (Wildman–Crippen LogP) is 3.63. The second-order valence-corrected chi connectivity index (χ2v) is 7.36. The fraction of sp³-hybridized carbons (Fsp3) is 0.100. The lowest BCUT2D eigenvalue weighted by molar-refractivity contribution is -0.384. The van der Waals surface area contributed by atoms with E-state index in [0.29, 0.717) is 27.2 Å². The van der Waals surface area contributed by atoms with Gasteiger partial charge < -0.3 is 4.74 Å². The summed E-state index contributed by atoms with van der Waals surface area (Å²) in [6.07, 6.45) is 0. The van der Waals surface area contributed by atoms with Crippen molar-refractivity contribution in [1.82, 2.24) is 9.55 Å². The second-order valence-electron chi connectivity index (χ2n) is 6.34. The van der Waals surface area contributed by atoms with Crippen LogP contribution in [0.2, 0.25) is 0 Å². The average Bonchev–Trinajstić information content (AvgIpc) is 3.04. The Labute approximate surface area is 167 Å². The van der Waals surface area contributed by atoms with Gasteiger partial charge in [0.2, 0.25) is 0 Å². The number of hydrogen-bond acceptors (Lipinski definition) is 6. The Kier molecular flexibility index (Phi) is 4.51. The van der Waals surface area contributed by atoms with Gasteiger partial charge in [-0.25, -0.2) is 9.36 Å². The molecule has 0 atom stereocenters. The first-order chi connectivity index (χ1) is 13.9. The van der Waals surface area contributed by atoms with Gasteiger partial charge in [-0.3, -0.25) is 19.9 Å². The maximum Gasteiger partial charge on any atom is 0.334 e. The summed E-state index contributed by atoms with van der Waals surface area (Å²) < 4.78 is 6.26. The van der Waals surface area contributed by atoms with E-state index in [0.717, 1.165) is 15.0 Å². The van der Waals surface area contributed by atoms with E-state index >= 15 is 0 Å². The van der Waals surface area contributed by atoms with Crippen LogP contribution in [0.3, 0.4) is 0 Å². The molecule has 0 unspecified atom stereocenters. The van der Waals surface area contributed by atoms with E-state index in [-0.39, 0.29) is 5.69 Å². The Morgan fingerprint density at radius 1 is 1.14 bits per heavy atom. The third kappa shape index (κ3) is 3.11. The van der Waals surface area contributed by atoms with Gasteiger partial charge in [-0.1, -0.05) is 6.07 Å². The second kappa shape index (κ2) is 7.02. The number of ether oxygens (including phenoxy) is 1. The number of nitrogens with zero attached hydrogens (tertiary/aromatic N) is 2. The SMILES string of the molecule is COc1cccc(-n2c(=O)[nH]c3sc(-c4ccc([N+](=O)[O-])cc4)c(C)c3c2=O)c1. The van der Waals surface area contributed by atoms with Crippen molar-refractivity contribution in [3.05, 3.63) is 85.0 Å². The Balaban J connectivity index is 1.93. The molecule has 0 fully saturated rings. The van der Waals surface area contributed by atoms with Crippen molar-refractivity contribution in [2.45, 2.75) is 6.92 Å². The summed E-state index contributed by atoms with van der Waals surface area (Å²) in [5.41, 5.74) is 0.853. The number of aromatic nitrogens is 2. The van der Waals surface area contributed by atoms with Crippen molar-refractivity contribution in [2.24, 2.45) is 0 Å². The maximum absolute atomic E-state index is 13.2. The molecule has 4 aromatic rings. The van der Waals surface area contributed by atoms with Crippen molar-refractivity contribution in [3.63, 3.8) is 0 Å². The number of aryl methyl sites for hydroxylation is 1. The number of hydrogen-bond donors (Lipinski definition) is 1. The first-order valence-corrected chi connectivity index (χ1v) is 9.40. The first kappa shape index (κ1) is 18.6. The topological polar surface area (TPSA) is 107 Å². The quantitative estimate of drug-likeness (QED) is 0.409. The summed E-state index contributed by atoms with van der Waals surface area (Å²) >= 11 is 1.27. The van der Waals surface area contributed by atoms with Crippen LogP contribution in [0, 0.1) is 17.0 Å². The third-order valence-corrected chi connectivity index (χ3v) is 5.90. The minimum atomic E-state index is -0.549. The third-order valence-electron chi connectivity index (χ3n) is 4.64. The molecule has 29 heavy (non-hydrogen) atoms. The minimum Gasteiger partial charge on any atom is -0.497 e. The number of nitro groups is 1. The van der Waals surface area contributed by atoms with Gasteiger partial charge >= 0.3 is 5.69 Å². The smallest absolute Gasteiger partial charge is 0.334 e. The van der Waals surface area contributed by atoms with Gasteiger partial charge in [0.15, 0.2) is 0 Å². The van der Waals surface area contributed by atoms with Gasteiger partial charge in [0.25, 0.3) is 11.2 Å². The number of non-ortho nitro benzene ring substituents is 1. The van der Waals surface area contributed by atoms with Crippen molar-refractivity contribution in [3.8, 4) is 21.9 Å². The molecule has 4 rings (SSSR count). The normalized spacial score (nSPS) is 11.0. The maximum atomic E-state index is 13.2. The zero-order valence-electron chi connectivity index (χ0n) is 15.5. The Morgan fingerprint density at radius 3 is 2.52 bits per heavy atom. The van der Waals surface area contributed by atoms with Crippen LogP contribution in [0.5, 0.6) is 5.75 Å². The molecule has 0 amide bonds. The van der Waals surface area contributed by atoms with Crippen molar-refractivity contribution < 1.29 is 9.66 Å². The molecule has 1 N–H and O–H groups in total. The molecular weight excluding hydrogens is 394 g/mol. The van der Waals surface area contributed by atoms with Crippen LogP contribution in [0.1, 0.15) is 5.56 Å². The molecule has 0 bridgehead atoms. The predicted molar refractivity (Wildman–Crippen MR) is 111 cm³/mol. The zero-order chi connectivity index (χ0) is 20.7. The Morgan fingerprint density at radius 2 is 1.86 bits per heavy atom. The largest absolute Gasteiger partial charge is 0.497 e. The molecular formula is C20H15N3O5S. The van der Waals surface area contributed by atoms with Crippen LogP contribution in [0.15, 0.2) is 58.1 Å². The van der Waals surface area contributed by atoms with Crippen molar-refractivity contribution in [2.75, 3.05) is 7.11 Å². The Bertz CT molecular complexity index is 1370. The molecule has 0 radical (unpaired) electrons. The molecule has 2 heterocycles. The number of thiophene rings is 1. The monoisotopic (exact) mass is 409 g/mol. The van der Waals surface area contributed by atoms with E-state index in [9.17, 15) is 19.7 Å². The first-order valence-electron chi connectivity index (χ1n) is 8.58. The minimum absolute atomic E-state index is 0.0127. The van der Waals surface area contributed by atoms with Crippen molar-refractivity contribution >= 4 is 27.2 Å². The molecule has 0 aliphatic heterocycles. The van der Waals surface area contributed by atoms with Gasteiger partial charge in [-0.2, -0.15) is 0 Å². The summed E-state index contributed by atoms with van der Waals surface area (Å²) in [6.45, 7) is 1.80. The molecule has 0 spiro atoms. The van der Waals surface area contributed by atoms with Crippen LogP contribution in [-0.4, -0.2) is 21.6 Å². The highest BCUT2D eigenvalue weighted by Gasteiger charge is 2.18. The van der Waals surface area contributed by atoms with E-state index in [1.165, 1.54) is 30.6 Å². The molecule has 2 aromatic heterocycles.